The number of rotatable bonds is 8. The van der Waals surface area contributed by atoms with E-state index in [0.717, 1.165) is 17.7 Å². The SMILES string of the molecule is CCC(C)c1ccccc1OCCOc1ccccc1C=C1SC(=S)NC1=O. The second-order valence-corrected chi connectivity index (χ2v) is 8.15. The first kappa shape index (κ1) is 20.4. The van der Waals surface area contributed by atoms with E-state index in [-0.39, 0.29) is 5.91 Å². The van der Waals surface area contributed by atoms with Crippen LogP contribution in [0, 0.1) is 0 Å². The van der Waals surface area contributed by atoms with Crippen molar-refractivity contribution in [2.75, 3.05) is 13.2 Å². The van der Waals surface area contributed by atoms with Crippen molar-refractivity contribution in [3.8, 4) is 11.5 Å². The third-order valence-electron chi connectivity index (χ3n) is 4.51. The molecule has 146 valence electrons. The number of hydrogen-bond donors (Lipinski definition) is 1. The zero-order valence-corrected chi connectivity index (χ0v) is 17.6. The van der Waals surface area contributed by atoms with Gasteiger partial charge in [0.25, 0.3) is 5.91 Å². The molecule has 0 saturated carbocycles. The van der Waals surface area contributed by atoms with Crippen LogP contribution < -0.4 is 14.8 Å². The molecular formula is C22H23NO3S2. The minimum Gasteiger partial charge on any atom is -0.490 e. The van der Waals surface area contributed by atoms with Crippen LogP contribution in [-0.2, 0) is 4.79 Å². The summed E-state index contributed by atoms with van der Waals surface area (Å²) in [7, 11) is 0. The monoisotopic (exact) mass is 413 g/mol. The maximum atomic E-state index is 11.9. The van der Waals surface area contributed by atoms with Crippen LogP contribution in [0.3, 0.4) is 0 Å². The summed E-state index contributed by atoms with van der Waals surface area (Å²) < 4.78 is 12.4. The predicted octanol–water partition coefficient (Wildman–Crippen LogP) is 5.15. The van der Waals surface area contributed by atoms with Gasteiger partial charge in [-0.15, -0.1) is 0 Å². The molecule has 1 amide bonds. The Hall–Kier alpha value is -2.31. The predicted molar refractivity (Wildman–Crippen MR) is 119 cm³/mol. The normalized spacial score (nSPS) is 16.1. The van der Waals surface area contributed by atoms with Gasteiger partial charge in [0.2, 0.25) is 0 Å². The number of carbonyl (C=O) groups excluding carboxylic acids is 1. The van der Waals surface area contributed by atoms with E-state index in [1.165, 1.54) is 17.3 Å². The van der Waals surface area contributed by atoms with Crippen LogP contribution in [0.15, 0.2) is 53.4 Å². The number of thioether (sulfide) groups is 1. The molecule has 0 radical (unpaired) electrons. The lowest BCUT2D eigenvalue weighted by Gasteiger charge is -2.16. The zero-order chi connectivity index (χ0) is 19.9. The van der Waals surface area contributed by atoms with Gasteiger partial charge in [-0.3, -0.25) is 4.79 Å². The van der Waals surface area contributed by atoms with Crippen molar-refractivity contribution in [3.05, 3.63) is 64.6 Å². The number of nitrogens with one attached hydrogen (secondary N) is 1. The van der Waals surface area contributed by atoms with Crippen molar-refractivity contribution in [2.24, 2.45) is 0 Å². The smallest absolute Gasteiger partial charge is 0.263 e. The summed E-state index contributed by atoms with van der Waals surface area (Å²) in [6.07, 6.45) is 2.86. The Balaban J connectivity index is 1.62. The number of carbonyl (C=O) groups is 1. The highest BCUT2D eigenvalue weighted by Crippen LogP contribution is 2.30. The van der Waals surface area contributed by atoms with Gasteiger partial charge < -0.3 is 14.8 Å². The van der Waals surface area contributed by atoms with Crippen molar-refractivity contribution in [3.63, 3.8) is 0 Å². The van der Waals surface area contributed by atoms with Crippen molar-refractivity contribution in [1.29, 1.82) is 0 Å². The molecule has 1 atom stereocenters. The van der Waals surface area contributed by atoms with Crippen molar-refractivity contribution < 1.29 is 14.3 Å². The number of benzene rings is 2. The van der Waals surface area contributed by atoms with Gasteiger partial charge in [-0.1, -0.05) is 74.2 Å². The highest BCUT2D eigenvalue weighted by atomic mass is 32.2. The van der Waals surface area contributed by atoms with Gasteiger partial charge in [-0.2, -0.15) is 0 Å². The molecule has 1 aliphatic heterocycles. The largest absolute Gasteiger partial charge is 0.490 e. The van der Waals surface area contributed by atoms with E-state index in [1.54, 1.807) is 6.08 Å². The molecule has 1 N–H and O–H groups in total. The van der Waals surface area contributed by atoms with E-state index >= 15 is 0 Å². The Morgan fingerprint density at radius 3 is 2.39 bits per heavy atom. The maximum Gasteiger partial charge on any atom is 0.263 e. The molecule has 3 rings (SSSR count). The Bertz CT molecular complexity index is 895. The quantitative estimate of drug-likeness (QED) is 0.369. The molecule has 4 nitrogen and oxygen atoms in total. The lowest BCUT2D eigenvalue weighted by molar-refractivity contribution is -0.115. The average molecular weight is 414 g/mol. The highest BCUT2D eigenvalue weighted by molar-refractivity contribution is 8.26. The third kappa shape index (κ3) is 5.14. The summed E-state index contributed by atoms with van der Waals surface area (Å²) in [6.45, 7) is 5.22. The van der Waals surface area contributed by atoms with Crippen molar-refractivity contribution >= 4 is 40.3 Å². The van der Waals surface area contributed by atoms with E-state index in [9.17, 15) is 4.79 Å². The molecule has 0 aliphatic carbocycles. The summed E-state index contributed by atoms with van der Waals surface area (Å²) >= 11 is 6.30. The number of ether oxygens (including phenoxy) is 2. The first-order valence-corrected chi connectivity index (χ1v) is 10.5. The number of hydrogen-bond acceptors (Lipinski definition) is 5. The summed E-state index contributed by atoms with van der Waals surface area (Å²) in [5, 5.41) is 2.62. The van der Waals surface area contributed by atoms with Gasteiger partial charge in [-0.25, -0.2) is 0 Å². The van der Waals surface area contributed by atoms with Gasteiger partial charge in [0, 0.05) is 5.56 Å². The van der Waals surface area contributed by atoms with Gasteiger partial charge in [0.05, 0.1) is 4.91 Å². The number of amides is 1. The number of thiocarbonyl (C=S) groups is 1. The van der Waals surface area contributed by atoms with E-state index in [4.69, 9.17) is 21.7 Å². The van der Waals surface area contributed by atoms with E-state index in [2.05, 4.69) is 25.2 Å². The molecule has 0 spiro atoms. The highest BCUT2D eigenvalue weighted by Gasteiger charge is 2.22. The molecule has 1 unspecified atom stereocenters. The van der Waals surface area contributed by atoms with Gasteiger partial charge in [0.1, 0.15) is 29.0 Å². The van der Waals surface area contributed by atoms with Crippen molar-refractivity contribution in [2.45, 2.75) is 26.2 Å². The molecule has 28 heavy (non-hydrogen) atoms. The fraction of sp³-hybridized carbons (Fsp3) is 0.273. The van der Waals surface area contributed by atoms with Crippen LogP contribution in [0.5, 0.6) is 11.5 Å². The summed E-state index contributed by atoms with van der Waals surface area (Å²) in [5.41, 5.74) is 2.06. The molecule has 1 fully saturated rings. The second kappa shape index (κ2) is 9.75. The molecule has 1 heterocycles. The fourth-order valence-electron chi connectivity index (χ4n) is 2.84. The van der Waals surface area contributed by atoms with E-state index < -0.39 is 0 Å². The summed E-state index contributed by atoms with van der Waals surface area (Å²) in [6, 6.07) is 15.7. The maximum absolute atomic E-state index is 11.9. The zero-order valence-electron chi connectivity index (χ0n) is 15.9. The van der Waals surface area contributed by atoms with E-state index in [0.29, 0.717) is 34.1 Å². The van der Waals surface area contributed by atoms with E-state index in [1.807, 2.05) is 42.5 Å². The minimum atomic E-state index is -0.171. The Morgan fingerprint density at radius 1 is 1.07 bits per heavy atom. The first-order valence-electron chi connectivity index (χ1n) is 9.27. The molecule has 0 aromatic heterocycles. The lowest BCUT2D eigenvalue weighted by Crippen LogP contribution is -2.17. The van der Waals surface area contributed by atoms with Crippen LogP contribution in [0.1, 0.15) is 37.3 Å². The molecular weight excluding hydrogens is 390 g/mol. The number of para-hydroxylation sites is 2. The van der Waals surface area contributed by atoms with Crippen LogP contribution in [0.4, 0.5) is 0 Å². The minimum absolute atomic E-state index is 0.171. The van der Waals surface area contributed by atoms with Gasteiger partial charge in [-0.05, 0) is 36.1 Å². The molecule has 6 heteroatoms. The summed E-state index contributed by atoms with van der Waals surface area (Å²) in [4.78, 5) is 12.4. The molecule has 2 aromatic rings. The van der Waals surface area contributed by atoms with Crippen molar-refractivity contribution in [1.82, 2.24) is 5.32 Å². The average Bonchev–Trinajstić information content (AvgIpc) is 3.03. The molecule has 0 bridgehead atoms. The standard InChI is InChI=1S/C22H23NO3S2/c1-3-15(2)17-9-5-7-11-19(17)26-13-12-25-18-10-6-4-8-16(18)14-20-21(24)23-22(27)28-20/h4-11,14-15H,3,12-13H2,1-2H3,(H,23,24,27). The molecule has 1 saturated heterocycles. The van der Waals surface area contributed by atoms with Gasteiger partial charge >= 0.3 is 0 Å². The Kier molecular flexibility index (Phi) is 7.12. The van der Waals surface area contributed by atoms with Gasteiger partial charge in [0.15, 0.2) is 0 Å². The van der Waals surface area contributed by atoms with Crippen LogP contribution in [0.2, 0.25) is 0 Å². The first-order chi connectivity index (χ1) is 13.6. The van der Waals surface area contributed by atoms with Crippen LogP contribution in [0.25, 0.3) is 6.08 Å². The molecule has 1 aliphatic rings. The lowest BCUT2D eigenvalue weighted by atomic mass is 9.98. The second-order valence-electron chi connectivity index (χ2n) is 6.43. The van der Waals surface area contributed by atoms with Crippen LogP contribution in [-0.4, -0.2) is 23.4 Å². The Labute approximate surface area is 175 Å². The van der Waals surface area contributed by atoms with Crippen LogP contribution >= 0.6 is 24.0 Å². The Morgan fingerprint density at radius 2 is 1.71 bits per heavy atom. The molecule has 2 aromatic carbocycles. The topological polar surface area (TPSA) is 47.6 Å². The summed E-state index contributed by atoms with van der Waals surface area (Å²) in [5.74, 6) is 1.89. The fourth-order valence-corrected chi connectivity index (χ4v) is 3.87. The third-order valence-corrected chi connectivity index (χ3v) is 5.67.